The number of nitrogens with zero attached hydrogens (tertiary/aromatic N) is 2. The number of aryl methyl sites for hydroxylation is 1. The molecule has 0 unspecified atom stereocenters. The van der Waals surface area contributed by atoms with Crippen molar-refractivity contribution in [1.82, 2.24) is 9.78 Å². The van der Waals surface area contributed by atoms with E-state index in [2.05, 4.69) is 36.3 Å². The Bertz CT molecular complexity index is 538. The third kappa shape index (κ3) is 1.98. The first-order valence-electron chi connectivity index (χ1n) is 6.13. The Kier molecular flexibility index (Phi) is 2.48. The molecule has 1 saturated carbocycles. The van der Waals surface area contributed by atoms with Crippen molar-refractivity contribution >= 4 is 0 Å². The van der Waals surface area contributed by atoms with Crippen LogP contribution in [0, 0.1) is 6.92 Å². The van der Waals surface area contributed by atoms with Crippen LogP contribution in [0.25, 0.3) is 5.69 Å². The van der Waals surface area contributed by atoms with Crippen LogP contribution in [-0.2, 0) is 6.54 Å². The van der Waals surface area contributed by atoms with Gasteiger partial charge in [0.05, 0.1) is 11.4 Å². The number of hydrogen-bond donors (Lipinski definition) is 1. The summed E-state index contributed by atoms with van der Waals surface area (Å²) in [4.78, 5) is 0. The van der Waals surface area contributed by atoms with E-state index in [4.69, 9.17) is 5.73 Å². The Morgan fingerprint density at radius 1 is 1.35 bits per heavy atom. The van der Waals surface area contributed by atoms with Crippen LogP contribution in [0.3, 0.4) is 0 Å². The van der Waals surface area contributed by atoms with Crippen LogP contribution < -0.4 is 5.73 Å². The summed E-state index contributed by atoms with van der Waals surface area (Å²) >= 11 is 0. The van der Waals surface area contributed by atoms with E-state index in [9.17, 15) is 0 Å². The highest BCUT2D eigenvalue weighted by atomic mass is 15.3. The summed E-state index contributed by atoms with van der Waals surface area (Å²) < 4.78 is 1.95. The van der Waals surface area contributed by atoms with Gasteiger partial charge in [-0.25, -0.2) is 4.68 Å². The van der Waals surface area contributed by atoms with Gasteiger partial charge in [-0.15, -0.1) is 0 Å². The fraction of sp³-hybridized carbons (Fsp3) is 0.357. The lowest BCUT2D eigenvalue weighted by atomic mass is 10.1. The molecule has 1 aliphatic rings. The van der Waals surface area contributed by atoms with E-state index >= 15 is 0 Å². The van der Waals surface area contributed by atoms with Crippen LogP contribution in [0.15, 0.2) is 30.5 Å². The standard InChI is InChI=1S/C14H17N3/c1-10-2-5-14(12(8-10)9-15)17-7-6-13(16-17)11-3-4-11/h2,5-8,11H,3-4,9,15H2,1H3. The summed E-state index contributed by atoms with van der Waals surface area (Å²) in [5.41, 5.74) is 10.5. The molecule has 0 saturated heterocycles. The topological polar surface area (TPSA) is 43.8 Å². The summed E-state index contributed by atoms with van der Waals surface area (Å²) in [5, 5.41) is 4.64. The molecule has 1 aromatic heterocycles. The predicted molar refractivity (Wildman–Crippen MR) is 68.2 cm³/mol. The molecular weight excluding hydrogens is 210 g/mol. The second kappa shape index (κ2) is 4.00. The zero-order valence-corrected chi connectivity index (χ0v) is 10.1. The average molecular weight is 227 g/mol. The van der Waals surface area contributed by atoms with Crippen molar-refractivity contribution in [1.29, 1.82) is 0 Å². The minimum atomic E-state index is 0.551. The van der Waals surface area contributed by atoms with Gasteiger partial charge in [-0.1, -0.05) is 17.7 Å². The first-order chi connectivity index (χ1) is 8.28. The van der Waals surface area contributed by atoms with E-state index < -0.39 is 0 Å². The molecule has 3 rings (SSSR count). The van der Waals surface area contributed by atoms with E-state index in [0.29, 0.717) is 12.5 Å². The van der Waals surface area contributed by atoms with Gasteiger partial charge in [0.25, 0.3) is 0 Å². The third-order valence-corrected chi connectivity index (χ3v) is 3.31. The Morgan fingerprint density at radius 2 is 2.18 bits per heavy atom. The molecule has 0 bridgehead atoms. The van der Waals surface area contributed by atoms with Crippen molar-refractivity contribution in [2.24, 2.45) is 5.73 Å². The largest absolute Gasteiger partial charge is 0.326 e. The molecule has 0 radical (unpaired) electrons. The number of rotatable bonds is 3. The third-order valence-electron chi connectivity index (χ3n) is 3.31. The van der Waals surface area contributed by atoms with Gasteiger partial charge in [-0.05, 0) is 37.5 Å². The molecule has 17 heavy (non-hydrogen) atoms. The van der Waals surface area contributed by atoms with Gasteiger partial charge in [0, 0.05) is 18.7 Å². The van der Waals surface area contributed by atoms with E-state index in [1.807, 2.05) is 10.9 Å². The lowest BCUT2D eigenvalue weighted by Crippen LogP contribution is -2.05. The fourth-order valence-corrected chi connectivity index (χ4v) is 2.17. The second-order valence-corrected chi connectivity index (χ2v) is 4.80. The quantitative estimate of drug-likeness (QED) is 0.875. The molecule has 0 spiro atoms. The molecule has 1 aromatic carbocycles. The number of hydrogen-bond acceptors (Lipinski definition) is 2. The van der Waals surface area contributed by atoms with Gasteiger partial charge in [-0.2, -0.15) is 5.10 Å². The van der Waals surface area contributed by atoms with Crippen molar-refractivity contribution in [2.45, 2.75) is 32.2 Å². The summed E-state index contributed by atoms with van der Waals surface area (Å²) in [6.45, 7) is 2.64. The molecule has 2 aromatic rings. The van der Waals surface area contributed by atoms with Crippen molar-refractivity contribution in [3.05, 3.63) is 47.3 Å². The number of benzene rings is 1. The lowest BCUT2D eigenvalue weighted by molar-refractivity contribution is 0.822. The Balaban J connectivity index is 2.01. The Labute approximate surface area is 101 Å². The van der Waals surface area contributed by atoms with Gasteiger partial charge in [-0.3, -0.25) is 0 Å². The van der Waals surface area contributed by atoms with E-state index in [-0.39, 0.29) is 0 Å². The van der Waals surface area contributed by atoms with Crippen molar-refractivity contribution in [2.75, 3.05) is 0 Å². The molecule has 3 heteroatoms. The minimum absolute atomic E-state index is 0.551. The lowest BCUT2D eigenvalue weighted by Gasteiger charge is -2.08. The molecule has 1 fully saturated rings. The van der Waals surface area contributed by atoms with E-state index in [1.54, 1.807) is 0 Å². The fourth-order valence-electron chi connectivity index (χ4n) is 2.17. The molecule has 1 heterocycles. The minimum Gasteiger partial charge on any atom is -0.326 e. The maximum atomic E-state index is 5.79. The smallest absolute Gasteiger partial charge is 0.0690 e. The molecule has 2 N–H and O–H groups in total. The zero-order chi connectivity index (χ0) is 11.8. The summed E-state index contributed by atoms with van der Waals surface area (Å²) in [7, 11) is 0. The van der Waals surface area contributed by atoms with E-state index in [0.717, 1.165) is 11.3 Å². The monoisotopic (exact) mass is 227 g/mol. The molecule has 3 nitrogen and oxygen atoms in total. The van der Waals surface area contributed by atoms with Crippen molar-refractivity contribution < 1.29 is 0 Å². The highest BCUT2D eigenvalue weighted by Crippen LogP contribution is 2.39. The first kappa shape index (κ1) is 10.5. The molecule has 0 amide bonds. The Hall–Kier alpha value is -1.61. The Morgan fingerprint density at radius 3 is 2.88 bits per heavy atom. The zero-order valence-electron chi connectivity index (χ0n) is 10.1. The van der Waals surface area contributed by atoms with Crippen LogP contribution in [0.5, 0.6) is 0 Å². The summed E-state index contributed by atoms with van der Waals surface area (Å²) in [5.74, 6) is 0.697. The van der Waals surface area contributed by atoms with Crippen LogP contribution in [-0.4, -0.2) is 9.78 Å². The molecular formula is C14H17N3. The number of aromatic nitrogens is 2. The van der Waals surface area contributed by atoms with Crippen molar-refractivity contribution in [3.63, 3.8) is 0 Å². The average Bonchev–Trinajstić information content (AvgIpc) is 3.08. The molecule has 0 aliphatic heterocycles. The SMILES string of the molecule is Cc1ccc(-n2ccc(C3CC3)n2)c(CN)c1. The van der Waals surface area contributed by atoms with Gasteiger partial charge in [0.1, 0.15) is 0 Å². The maximum absolute atomic E-state index is 5.79. The molecule has 0 atom stereocenters. The van der Waals surface area contributed by atoms with Crippen LogP contribution in [0.1, 0.15) is 35.6 Å². The van der Waals surface area contributed by atoms with E-state index in [1.165, 1.54) is 24.1 Å². The van der Waals surface area contributed by atoms with Gasteiger partial charge in [0.15, 0.2) is 0 Å². The van der Waals surface area contributed by atoms with Crippen LogP contribution in [0.2, 0.25) is 0 Å². The second-order valence-electron chi connectivity index (χ2n) is 4.80. The normalized spacial score (nSPS) is 15.2. The maximum Gasteiger partial charge on any atom is 0.0690 e. The van der Waals surface area contributed by atoms with Crippen molar-refractivity contribution in [3.8, 4) is 5.69 Å². The highest BCUT2D eigenvalue weighted by Gasteiger charge is 2.26. The molecule has 88 valence electrons. The summed E-state index contributed by atoms with van der Waals surface area (Å²) in [6, 6.07) is 8.46. The first-order valence-corrected chi connectivity index (χ1v) is 6.13. The van der Waals surface area contributed by atoms with Crippen LogP contribution in [0.4, 0.5) is 0 Å². The van der Waals surface area contributed by atoms with Gasteiger partial charge in [0.2, 0.25) is 0 Å². The van der Waals surface area contributed by atoms with Gasteiger partial charge < -0.3 is 5.73 Å². The number of nitrogens with two attached hydrogens (primary N) is 1. The predicted octanol–water partition coefficient (Wildman–Crippen LogP) is 2.52. The summed E-state index contributed by atoms with van der Waals surface area (Å²) in [6.07, 6.45) is 4.61. The van der Waals surface area contributed by atoms with Gasteiger partial charge >= 0.3 is 0 Å². The van der Waals surface area contributed by atoms with Crippen LogP contribution >= 0.6 is 0 Å². The highest BCUT2D eigenvalue weighted by molar-refractivity contribution is 5.43. The molecule has 1 aliphatic carbocycles.